The van der Waals surface area contributed by atoms with E-state index in [4.69, 9.17) is 24.7 Å². The average molecular weight is 347 g/mol. The molecule has 0 N–H and O–H groups in total. The van der Waals surface area contributed by atoms with Gasteiger partial charge in [-0.05, 0) is 32.7 Å². The van der Waals surface area contributed by atoms with Crippen LogP contribution in [0, 0.1) is 0 Å². The lowest BCUT2D eigenvalue weighted by Crippen LogP contribution is -2.42. The van der Waals surface area contributed by atoms with Crippen LogP contribution in [0.2, 0.25) is 32.7 Å². The Bertz CT molecular complexity index is 203. The Morgan fingerprint density at radius 2 is 0.824 bits per heavy atom. The summed E-state index contributed by atoms with van der Waals surface area (Å²) in [6.45, 7) is 10.1. The minimum Gasteiger partial charge on any atom is -0.423 e. The van der Waals surface area contributed by atoms with Crippen LogP contribution in [0.5, 0.6) is 0 Å². The molecule has 1 heterocycles. The molecule has 6 nitrogen and oxygen atoms in total. The Morgan fingerprint density at radius 3 is 1.18 bits per heavy atom. The Balaban J connectivity index is 2.50. The van der Waals surface area contributed by atoms with E-state index in [1.807, 2.05) is 32.7 Å². The zero-order chi connectivity index (χ0) is 12.8. The Kier molecular flexibility index (Phi) is 7.85. The predicted octanol–water partition coefficient (Wildman–Crippen LogP) is -1.65. The molecule has 17 heavy (non-hydrogen) atoms. The summed E-state index contributed by atoms with van der Waals surface area (Å²) in [4.78, 5) is 0. The highest BCUT2D eigenvalue weighted by Crippen LogP contribution is 2.04. The van der Waals surface area contributed by atoms with Gasteiger partial charge in [0, 0.05) is 0 Å². The monoisotopic (exact) mass is 346 g/mol. The maximum atomic E-state index is 5.83. The van der Waals surface area contributed by atoms with Gasteiger partial charge < -0.3 is 24.7 Å². The molecule has 0 aromatic heterocycles. The summed E-state index contributed by atoms with van der Waals surface area (Å²) < 4.78 is 34.6. The van der Waals surface area contributed by atoms with Crippen LogP contribution in [0.3, 0.4) is 0 Å². The fourth-order valence-electron chi connectivity index (χ4n) is 1.49. The zero-order valence-electron chi connectivity index (χ0n) is 11.0. The van der Waals surface area contributed by atoms with Crippen LogP contribution in [0.1, 0.15) is 0 Å². The number of hydrogen-bond donors (Lipinski definition) is 0. The molecule has 4 atom stereocenters. The summed E-state index contributed by atoms with van der Waals surface area (Å²) in [7, 11) is -8.86. The highest BCUT2D eigenvalue weighted by atomic mass is 28.5. The summed E-state index contributed by atoms with van der Waals surface area (Å²) in [6, 6.07) is 0. The fraction of sp³-hybridized carbons (Fsp3) is 1.00. The first-order valence-corrected chi connectivity index (χ1v) is 17.5. The summed E-state index contributed by atoms with van der Waals surface area (Å²) in [5.41, 5.74) is 0. The lowest BCUT2D eigenvalue weighted by Gasteiger charge is -2.26. The lowest BCUT2D eigenvalue weighted by atomic mass is 11.9. The molecule has 0 amide bonds. The van der Waals surface area contributed by atoms with E-state index in [1.54, 1.807) is 0 Å². The quantitative estimate of drug-likeness (QED) is 0.490. The van der Waals surface area contributed by atoms with Gasteiger partial charge in [-0.2, -0.15) is 0 Å². The average Bonchev–Trinajstić information content (AvgIpc) is 2.14. The topological polar surface area (TPSA) is 55.4 Å². The maximum Gasteiger partial charge on any atom is 0.300 e. The molecule has 0 aliphatic carbocycles. The van der Waals surface area contributed by atoms with Gasteiger partial charge >= 0.3 is 0 Å². The van der Waals surface area contributed by atoms with Gasteiger partial charge in [-0.25, -0.2) is 0 Å². The van der Waals surface area contributed by atoms with Crippen molar-refractivity contribution >= 4 is 56.4 Å². The standard InChI is InChI=1S/C5H22O6Si6/c1-13-6-12-7-14(2)9-16(4)11-17(5)10-15(3)8-13/h13-17H,12H2,1-5H3. The van der Waals surface area contributed by atoms with Crippen LogP contribution in [0.25, 0.3) is 0 Å². The molecule has 0 aromatic rings. The van der Waals surface area contributed by atoms with E-state index in [-0.39, 0.29) is 0 Å². The van der Waals surface area contributed by atoms with Crippen LogP contribution in [0.4, 0.5) is 0 Å². The zero-order valence-corrected chi connectivity index (χ0v) is 18.2. The van der Waals surface area contributed by atoms with E-state index in [1.165, 1.54) is 0 Å². The van der Waals surface area contributed by atoms with Crippen molar-refractivity contribution in [3.8, 4) is 0 Å². The molecule has 1 rings (SSSR count). The number of rotatable bonds is 0. The molecule has 102 valence electrons. The molecule has 0 spiro atoms. The van der Waals surface area contributed by atoms with E-state index in [2.05, 4.69) is 0 Å². The molecule has 12 heteroatoms. The SMILES string of the molecule is C[SiH]1O[SiH2]O[SiH](C)O[SiH](C)O[SiH](C)O[SiH](C)O1. The molecule has 1 aliphatic rings. The van der Waals surface area contributed by atoms with Crippen LogP contribution in [-0.2, 0) is 24.7 Å². The van der Waals surface area contributed by atoms with Gasteiger partial charge in [0.2, 0.25) is 0 Å². The highest BCUT2D eigenvalue weighted by Gasteiger charge is 2.23. The summed E-state index contributed by atoms with van der Waals surface area (Å²) in [5, 5.41) is 0. The van der Waals surface area contributed by atoms with Gasteiger partial charge in [-0.1, -0.05) is 0 Å². The minimum absolute atomic E-state index is 0.948. The van der Waals surface area contributed by atoms with E-state index in [0.717, 1.165) is 0 Å². The van der Waals surface area contributed by atoms with Crippen LogP contribution in [0.15, 0.2) is 0 Å². The van der Waals surface area contributed by atoms with Gasteiger partial charge in [0.1, 0.15) is 0 Å². The molecule has 4 unspecified atom stereocenters. The van der Waals surface area contributed by atoms with Crippen molar-refractivity contribution < 1.29 is 24.7 Å². The Hall–Kier alpha value is 1.06. The molecule has 0 bridgehead atoms. The van der Waals surface area contributed by atoms with E-state index in [9.17, 15) is 0 Å². The first-order valence-electron chi connectivity index (χ1n) is 5.82. The Labute approximate surface area is 114 Å². The van der Waals surface area contributed by atoms with E-state index < -0.39 is 56.4 Å². The highest BCUT2D eigenvalue weighted by molar-refractivity contribution is 6.70. The van der Waals surface area contributed by atoms with Crippen molar-refractivity contribution in [3.05, 3.63) is 0 Å². The predicted molar refractivity (Wildman–Crippen MR) is 80.1 cm³/mol. The third kappa shape index (κ3) is 7.28. The van der Waals surface area contributed by atoms with Crippen molar-refractivity contribution in [2.75, 3.05) is 0 Å². The second-order valence-corrected chi connectivity index (χ2v) is 16.8. The first kappa shape index (κ1) is 16.1. The molecule has 1 fully saturated rings. The fourth-order valence-corrected chi connectivity index (χ4v) is 17.2. The van der Waals surface area contributed by atoms with Gasteiger partial charge in [0.05, 0.1) is 0 Å². The second kappa shape index (κ2) is 8.28. The Morgan fingerprint density at radius 1 is 0.529 bits per heavy atom. The van der Waals surface area contributed by atoms with Gasteiger partial charge in [-0.3, -0.25) is 0 Å². The summed E-state index contributed by atoms with van der Waals surface area (Å²) >= 11 is 0. The van der Waals surface area contributed by atoms with Crippen LogP contribution >= 0.6 is 0 Å². The normalized spacial score (nSPS) is 43.9. The number of hydrogen-bond acceptors (Lipinski definition) is 6. The van der Waals surface area contributed by atoms with Gasteiger partial charge in [-0.15, -0.1) is 0 Å². The molecule has 0 aromatic carbocycles. The van der Waals surface area contributed by atoms with Crippen LogP contribution in [-0.4, -0.2) is 56.4 Å². The maximum absolute atomic E-state index is 5.83. The molecular weight excluding hydrogens is 325 g/mol. The van der Waals surface area contributed by atoms with Crippen molar-refractivity contribution in [2.45, 2.75) is 32.7 Å². The van der Waals surface area contributed by atoms with E-state index in [0.29, 0.717) is 0 Å². The molecule has 1 aliphatic heterocycles. The van der Waals surface area contributed by atoms with Crippen molar-refractivity contribution in [2.24, 2.45) is 0 Å². The van der Waals surface area contributed by atoms with Gasteiger partial charge in [0.15, 0.2) is 0 Å². The second-order valence-electron chi connectivity index (χ2n) is 3.83. The molecule has 0 radical (unpaired) electrons. The molecular formula is C5H22O6Si6. The molecule has 0 saturated carbocycles. The van der Waals surface area contributed by atoms with Crippen molar-refractivity contribution in [3.63, 3.8) is 0 Å². The third-order valence-corrected chi connectivity index (χ3v) is 19.2. The van der Waals surface area contributed by atoms with E-state index >= 15 is 0 Å². The third-order valence-electron chi connectivity index (χ3n) is 2.14. The summed E-state index contributed by atoms with van der Waals surface area (Å²) in [5.74, 6) is 0. The summed E-state index contributed by atoms with van der Waals surface area (Å²) in [6.07, 6.45) is 0. The minimum atomic E-state index is -1.60. The van der Waals surface area contributed by atoms with Crippen LogP contribution < -0.4 is 0 Å². The lowest BCUT2D eigenvalue weighted by molar-refractivity contribution is 0.303. The van der Waals surface area contributed by atoms with Crippen molar-refractivity contribution in [1.82, 2.24) is 0 Å². The smallest absolute Gasteiger partial charge is 0.300 e. The molecule has 1 saturated heterocycles. The first-order chi connectivity index (χ1) is 7.97. The largest absolute Gasteiger partial charge is 0.423 e. The van der Waals surface area contributed by atoms with Crippen molar-refractivity contribution in [1.29, 1.82) is 0 Å². The van der Waals surface area contributed by atoms with Gasteiger partial charge in [0.25, 0.3) is 56.4 Å².